The SMILES string of the molecule is CC(=O)O[C@H]1C(=O)[C@@]2(C)C/C(=C\[C@@H](O)[C@@H]3C[C@H](OC(C)=O)C(C)=C1C3(C)C)[C@@H](O)C[C@@H]2OC(C)=O. The van der Waals surface area contributed by atoms with Crippen LogP contribution in [0.1, 0.15) is 67.7 Å². The van der Waals surface area contributed by atoms with Crippen molar-refractivity contribution in [1.82, 2.24) is 0 Å². The van der Waals surface area contributed by atoms with E-state index in [0.717, 1.165) is 0 Å². The van der Waals surface area contributed by atoms with E-state index in [4.69, 9.17) is 14.2 Å². The molecule has 0 spiro atoms. The number of ketones is 1. The highest BCUT2D eigenvalue weighted by molar-refractivity contribution is 5.94. The second-order valence-corrected chi connectivity index (χ2v) is 10.8. The molecule has 9 heteroatoms. The van der Waals surface area contributed by atoms with Crippen molar-refractivity contribution < 1.29 is 43.6 Å². The van der Waals surface area contributed by atoms with Gasteiger partial charge in [0.25, 0.3) is 0 Å². The molecule has 0 radical (unpaired) electrons. The Morgan fingerprint density at radius 2 is 1.51 bits per heavy atom. The molecule has 1 saturated carbocycles. The van der Waals surface area contributed by atoms with Crippen LogP contribution in [0.15, 0.2) is 22.8 Å². The number of aliphatic hydroxyl groups is 2. The Balaban J connectivity index is 2.32. The van der Waals surface area contributed by atoms with Gasteiger partial charge in [-0.2, -0.15) is 0 Å². The molecular formula is C26H36O9. The zero-order valence-corrected chi connectivity index (χ0v) is 21.4. The number of fused-ring (bicyclic) bond motifs is 4. The van der Waals surface area contributed by atoms with Crippen molar-refractivity contribution in [3.05, 3.63) is 22.8 Å². The van der Waals surface area contributed by atoms with Gasteiger partial charge in [0.15, 0.2) is 11.9 Å². The molecule has 0 aliphatic heterocycles. The van der Waals surface area contributed by atoms with Gasteiger partial charge in [0, 0.05) is 33.1 Å². The highest BCUT2D eigenvalue weighted by Crippen LogP contribution is 2.53. The molecule has 7 atom stereocenters. The highest BCUT2D eigenvalue weighted by atomic mass is 16.6. The van der Waals surface area contributed by atoms with Crippen LogP contribution >= 0.6 is 0 Å². The van der Waals surface area contributed by atoms with Crippen LogP contribution in [0.5, 0.6) is 0 Å². The van der Waals surface area contributed by atoms with Crippen LogP contribution in [0.4, 0.5) is 0 Å². The third kappa shape index (κ3) is 4.93. The smallest absolute Gasteiger partial charge is 0.303 e. The van der Waals surface area contributed by atoms with E-state index in [9.17, 15) is 29.4 Å². The lowest BCUT2D eigenvalue weighted by molar-refractivity contribution is -0.170. The molecule has 3 aliphatic rings. The van der Waals surface area contributed by atoms with Crippen LogP contribution < -0.4 is 0 Å². The second-order valence-electron chi connectivity index (χ2n) is 10.8. The Hall–Kier alpha value is -2.52. The predicted molar refractivity (Wildman–Crippen MR) is 124 cm³/mol. The zero-order valence-electron chi connectivity index (χ0n) is 21.4. The molecule has 0 aromatic carbocycles. The van der Waals surface area contributed by atoms with Crippen molar-refractivity contribution in [3.63, 3.8) is 0 Å². The Labute approximate surface area is 205 Å². The quantitative estimate of drug-likeness (QED) is 0.345. The first-order valence-corrected chi connectivity index (χ1v) is 11.9. The predicted octanol–water partition coefficient (Wildman–Crippen LogP) is 2.18. The molecule has 0 amide bonds. The molecule has 3 rings (SSSR count). The van der Waals surface area contributed by atoms with Gasteiger partial charge in [0.1, 0.15) is 12.2 Å². The summed E-state index contributed by atoms with van der Waals surface area (Å²) in [6, 6.07) is 0. The minimum Gasteiger partial charge on any atom is -0.461 e. The fourth-order valence-electron chi connectivity index (χ4n) is 6.14. The van der Waals surface area contributed by atoms with Crippen molar-refractivity contribution in [2.75, 3.05) is 0 Å². The van der Waals surface area contributed by atoms with Gasteiger partial charge in [-0.25, -0.2) is 0 Å². The molecule has 0 aromatic heterocycles. The maximum absolute atomic E-state index is 14.3. The standard InChI is InChI=1S/C26H36O9/c1-12-20(33-13(2)27)9-17-19(31)8-16-11-26(7,21(10-18(16)30)34-14(3)28)24(32)23(35-15(4)29)22(12)25(17,5)6/h8,17-21,23,30-31H,9-11H2,1-7H3/b16-8+/t17-,18-,19+,20-,21-,23+,26-/m0/s1. The van der Waals surface area contributed by atoms with Gasteiger partial charge >= 0.3 is 17.9 Å². The summed E-state index contributed by atoms with van der Waals surface area (Å²) in [5.74, 6) is -2.78. The molecule has 0 unspecified atom stereocenters. The van der Waals surface area contributed by atoms with Gasteiger partial charge in [-0.05, 0) is 48.8 Å². The minimum absolute atomic E-state index is 0.0205. The number of esters is 3. The van der Waals surface area contributed by atoms with Crippen molar-refractivity contribution in [2.45, 2.75) is 98.2 Å². The fourth-order valence-corrected chi connectivity index (χ4v) is 6.14. The summed E-state index contributed by atoms with van der Waals surface area (Å²) in [4.78, 5) is 50.3. The van der Waals surface area contributed by atoms with E-state index >= 15 is 0 Å². The maximum Gasteiger partial charge on any atom is 0.303 e. The van der Waals surface area contributed by atoms with Crippen molar-refractivity contribution in [1.29, 1.82) is 0 Å². The van der Waals surface area contributed by atoms with Crippen LogP contribution in [0.2, 0.25) is 0 Å². The molecular weight excluding hydrogens is 456 g/mol. The van der Waals surface area contributed by atoms with E-state index in [2.05, 4.69) is 0 Å². The topological polar surface area (TPSA) is 136 Å². The lowest BCUT2D eigenvalue weighted by Gasteiger charge is -2.51. The first-order valence-electron chi connectivity index (χ1n) is 11.9. The summed E-state index contributed by atoms with van der Waals surface area (Å²) >= 11 is 0. The van der Waals surface area contributed by atoms with E-state index in [0.29, 0.717) is 16.7 Å². The number of rotatable bonds is 3. The summed E-state index contributed by atoms with van der Waals surface area (Å²) in [6.07, 6.45) is -3.29. The van der Waals surface area contributed by atoms with Gasteiger partial charge in [-0.15, -0.1) is 0 Å². The number of Topliss-reactive ketones (excluding diaryl/α,β-unsaturated/α-hetero) is 1. The van der Waals surface area contributed by atoms with Gasteiger partial charge in [0.2, 0.25) is 0 Å². The third-order valence-corrected chi connectivity index (χ3v) is 7.90. The van der Waals surface area contributed by atoms with E-state index in [1.54, 1.807) is 19.9 Å². The lowest BCUT2D eigenvalue weighted by Crippen LogP contribution is -2.57. The lowest BCUT2D eigenvalue weighted by atomic mass is 9.57. The Morgan fingerprint density at radius 1 is 0.943 bits per heavy atom. The van der Waals surface area contributed by atoms with Gasteiger partial charge in [0.05, 0.1) is 17.6 Å². The molecule has 3 aliphatic carbocycles. The summed E-state index contributed by atoms with van der Waals surface area (Å²) < 4.78 is 16.7. The normalized spacial score (nSPS) is 38.1. The van der Waals surface area contributed by atoms with E-state index < -0.39 is 71.0 Å². The van der Waals surface area contributed by atoms with E-state index in [1.807, 2.05) is 13.8 Å². The average Bonchev–Trinajstić information content (AvgIpc) is 2.70. The van der Waals surface area contributed by atoms with E-state index in [-0.39, 0.29) is 19.3 Å². The number of hydrogen-bond donors (Lipinski definition) is 2. The van der Waals surface area contributed by atoms with E-state index in [1.165, 1.54) is 20.8 Å². The molecule has 35 heavy (non-hydrogen) atoms. The number of aliphatic hydroxyl groups excluding tert-OH is 2. The first-order chi connectivity index (χ1) is 16.1. The molecule has 0 saturated heterocycles. The molecule has 1 fully saturated rings. The highest BCUT2D eigenvalue weighted by Gasteiger charge is 2.57. The number of hydrogen-bond acceptors (Lipinski definition) is 9. The minimum atomic E-state index is -1.35. The number of ether oxygens (including phenoxy) is 3. The largest absolute Gasteiger partial charge is 0.461 e. The molecule has 2 N–H and O–H groups in total. The molecule has 194 valence electrons. The molecule has 4 bridgehead atoms. The average molecular weight is 493 g/mol. The maximum atomic E-state index is 14.3. The summed E-state index contributed by atoms with van der Waals surface area (Å²) in [5, 5.41) is 22.2. The zero-order chi connectivity index (χ0) is 26.5. The van der Waals surface area contributed by atoms with Crippen LogP contribution in [0.3, 0.4) is 0 Å². The first kappa shape index (κ1) is 27.1. The van der Waals surface area contributed by atoms with Gasteiger partial charge < -0.3 is 24.4 Å². The number of carbonyl (C=O) groups excluding carboxylic acids is 4. The Kier molecular flexibility index (Phi) is 7.35. The Morgan fingerprint density at radius 3 is 2.06 bits per heavy atom. The number of carbonyl (C=O) groups is 4. The fraction of sp³-hybridized carbons (Fsp3) is 0.692. The summed E-state index contributed by atoms with van der Waals surface area (Å²) in [5.41, 5.74) is -0.697. The van der Waals surface area contributed by atoms with Crippen LogP contribution in [0.25, 0.3) is 0 Å². The van der Waals surface area contributed by atoms with Gasteiger partial charge in [-0.1, -0.05) is 19.9 Å². The van der Waals surface area contributed by atoms with Crippen LogP contribution in [-0.4, -0.2) is 64.4 Å². The monoisotopic (exact) mass is 492 g/mol. The van der Waals surface area contributed by atoms with Crippen LogP contribution in [0, 0.1) is 16.7 Å². The van der Waals surface area contributed by atoms with Crippen molar-refractivity contribution >= 4 is 23.7 Å². The summed E-state index contributed by atoms with van der Waals surface area (Å²) in [6.45, 7) is 10.8. The molecule has 9 nitrogen and oxygen atoms in total. The molecule has 0 aromatic rings. The van der Waals surface area contributed by atoms with Crippen LogP contribution in [-0.2, 0) is 33.4 Å². The Bertz CT molecular complexity index is 991. The summed E-state index contributed by atoms with van der Waals surface area (Å²) in [7, 11) is 0. The van der Waals surface area contributed by atoms with Crippen molar-refractivity contribution in [2.24, 2.45) is 16.7 Å². The van der Waals surface area contributed by atoms with Gasteiger partial charge in [-0.3, -0.25) is 19.2 Å². The molecule has 0 heterocycles. The van der Waals surface area contributed by atoms with Crippen molar-refractivity contribution in [3.8, 4) is 0 Å². The second kappa shape index (κ2) is 9.50. The third-order valence-electron chi connectivity index (χ3n) is 7.90.